The third kappa shape index (κ3) is 4.30. The predicted molar refractivity (Wildman–Crippen MR) is 57.0 cm³/mol. The molecule has 1 heterocycles. The average Bonchev–Trinajstić information content (AvgIpc) is 2.58. The Balaban J connectivity index is 2.19. The number of carbonyl (C=O) groups excluding carboxylic acids is 1. The van der Waals surface area contributed by atoms with E-state index in [2.05, 4.69) is 11.8 Å². The molecule has 0 N–H and O–H groups in total. The lowest BCUT2D eigenvalue weighted by molar-refractivity contribution is -0.126. The van der Waals surface area contributed by atoms with E-state index in [1.165, 1.54) is 6.92 Å². The number of hydrogen-bond acceptors (Lipinski definition) is 2. The van der Waals surface area contributed by atoms with Crippen molar-refractivity contribution < 1.29 is 9.18 Å². The normalized spacial score (nSPS) is 20.9. The number of rotatable bonds is 2. The third-order valence-corrected chi connectivity index (χ3v) is 2.50. The van der Waals surface area contributed by atoms with Crippen molar-refractivity contribution in [2.45, 2.75) is 19.5 Å². The van der Waals surface area contributed by atoms with Crippen LogP contribution in [0.25, 0.3) is 0 Å². The van der Waals surface area contributed by atoms with Crippen molar-refractivity contribution in [2.24, 2.45) is 0 Å². The van der Waals surface area contributed by atoms with Crippen LogP contribution in [0.1, 0.15) is 13.3 Å². The van der Waals surface area contributed by atoms with Crippen molar-refractivity contribution in [3.8, 4) is 11.8 Å². The Morgan fingerprint density at radius 2 is 2.33 bits per heavy atom. The molecule has 0 unspecified atom stereocenters. The summed E-state index contributed by atoms with van der Waals surface area (Å²) < 4.78 is 12.8. The van der Waals surface area contributed by atoms with E-state index in [0.717, 1.165) is 6.54 Å². The third-order valence-electron chi connectivity index (χ3n) is 2.50. The van der Waals surface area contributed by atoms with Gasteiger partial charge >= 0.3 is 0 Å². The molecule has 1 aliphatic heterocycles. The summed E-state index contributed by atoms with van der Waals surface area (Å²) in [6.07, 6.45) is -0.0682. The molecular formula is C11H17FN2O. The summed E-state index contributed by atoms with van der Waals surface area (Å²) in [6, 6.07) is 0. The van der Waals surface area contributed by atoms with Gasteiger partial charge in [0.05, 0.1) is 13.1 Å². The van der Waals surface area contributed by atoms with Crippen molar-refractivity contribution in [1.82, 2.24) is 9.80 Å². The van der Waals surface area contributed by atoms with E-state index >= 15 is 0 Å². The molecule has 0 bridgehead atoms. The van der Waals surface area contributed by atoms with Crippen LogP contribution in [0.15, 0.2) is 0 Å². The highest BCUT2D eigenvalue weighted by atomic mass is 19.1. The van der Waals surface area contributed by atoms with E-state index in [1.807, 2.05) is 4.90 Å². The largest absolute Gasteiger partial charge is 0.335 e. The van der Waals surface area contributed by atoms with Crippen LogP contribution in [0.5, 0.6) is 0 Å². The first-order chi connectivity index (χ1) is 7.09. The zero-order valence-corrected chi connectivity index (χ0v) is 9.29. The van der Waals surface area contributed by atoms with Crippen LogP contribution in [0, 0.1) is 11.8 Å². The predicted octanol–water partition coefficient (Wildman–Crippen LogP) is 0.512. The van der Waals surface area contributed by atoms with Gasteiger partial charge in [0.2, 0.25) is 5.91 Å². The number of carbonyl (C=O) groups is 1. The second-order valence-corrected chi connectivity index (χ2v) is 3.85. The van der Waals surface area contributed by atoms with Crippen LogP contribution in [-0.2, 0) is 4.79 Å². The first-order valence-electron chi connectivity index (χ1n) is 5.13. The summed E-state index contributed by atoms with van der Waals surface area (Å²) in [5.74, 6) is 5.86. The lowest BCUT2D eigenvalue weighted by Crippen LogP contribution is -2.24. The molecule has 0 aromatic heterocycles. The number of alkyl halides is 1. The summed E-state index contributed by atoms with van der Waals surface area (Å²) in [4.78, 5) is 14.4. The summed E-state index contributed by atoms with van der Waals surface area (Å²) >= 11 is 0. The van der Waals surface area contributed by atoms with Gasteiger partial charge in [-0.2, -0.15) is 0 Å². The molecule has 1 rings (SSSR count). The number of amides is 1. The zero-order chi connectivity index (χ0) is 11.3. The summed E-state index contributed by atoms with van der Waals surface area (Å²) in [7, 11) is 1.71. The van der Waals surface area contributed by atoms with Gasteiger partial charge in [-0.15, -0.1) is 0 Å². The molecule has 1 saturated heterocycles. The fourth-order valence-electron chi connectivity index (χ4n) is 1.38. The molecule has 0 saturated carbocycles. The molecule has 0 aliphatic carbocycles. The van der Waals surface area contributed by atoms with Crippen molar-refractivity contribution in [3.63, 3.8) is 0 Å². The van der Waals surface area contributed by atoms with Crippen molar-refractivity contribution in [1.29, 1.82) is 0 Å². The molecule has 84 valence electrons. The topological polar surface area (TPSA) is 23.6 Å². The standard InChI is InChI=1S/C11H17FN2O/c1-10(15)13(2)6-3-4-7-14-8-5-11(12)9-14/h11H,5-9H2,1-2H3/t11-/m0/s1. The van der Waals surface area contributed by atoms with Crippen LogP contribution in [0.2, 0.25) is 0 Å². The Morgan fingerprint density at radius 3 is 2.87 bits per heavy atom. The molecule has 0 aromatic rings. The monoisotopic (exact) mass is 212 g/mol. The second kappa shape index (κ2) is 5.72. The van der Waals surface area contributed by atoms with Gasteiger partial charge in [0.15, 0.2) is 0 Å². The molecule has 3 nitrogen and oxygen atoms in total. The van der Waals surface area contributed by atoms with Gasteiger partial charge in [0, 0.05) is 27.1 Å². The molecule has 0 aromatic carbocycles. The zero-order valence-electron chi connectivity index (χ0n) is 9.29. The molecule has 1 atom stereocenters. The van der Waals surface area contributed by atoms with E-state index in [4.69, 9.17) is 0 Å². The van der Waals surface area contributed by atoms with Crippen LogP contribution >= 0.6 is 0 Å². The van der Waals surface area contributed by atoms with Gasteiger partial charge < -0.3 is 4.90 Å². The van der Waals surface area contributed by atoms with E-state index < -0.39 is 6.17 Å². The van der Waals surface area contributed by atoms with Crippen molar-refractivity contribution in [3.05, 3.63) is 0 Å². The first kappa shape index (κ1) is 12.0. The maximum Gasteiger partial charge on any atom is 0.219 e. The summed E-state index contributed by atoms with van der Waals surface area (Å²) in [6.45, 7) is 3.85. The number of halogens is 1. The fraction of sp³-hybridized carbons (Fsp3) is 0.727. The highest BCUT2D eigenvalue weighted by Gasteiger charge is 2.20. The fourth-order valence-corrected chi connectivity index (χ4v) is 1.38. The van der Waals surface area contributed by atoms with E-state index in [-0.39, 0.29) is 5.91 Å². The highest BCUT2D eigenvalue weighted by Crippen LogP contribution is 2.10. The van der Waals surface area contributed by atoms with Crippen molar-refractivity contribution >= 4 is 5.91 Å². The summed E-state index contributed by atoms with van der Waals surface area (Å²) in [5, 5.41) is 0. The second-order valence-electron chi connectivity index (χ2n) is 3.85. The first-order valence-corrected chi connectivity index (χ1v) is 5.13. The van der Waals surface area contributed by atoms with Gasteiger partial charge in [0.1, 0.15) is 6.17 Å². The van der Waals surface area contributed by atoms with Crippen LogP contribution in [0.3, 0.4) is 0 Å². The summed E-state index contributed by atoms with van der Waals surface area (Å²) in [5.41, 5.74) is 0. The molecule has 1 fully saturated rings. The maximum atomic E-state index is 12.8. The molecule has 0 spiro atoms. The SMILES string of the molecule is CC(=O)N(C)CC#CCN1CC[C@H](F)C1. The molecular weight excluding hydrogens is 195 g/mol. The minimum Gasteiger partial charge on any atom is -0.335 e. The molecule has 1 amide bonds. The Bertz CT molecular complexity index is 282. The van der Waals surface area contributed by atoms with Gasteiger partial charge in [-0.25, -0.2) is 4.39 Å². The van der Waals surface area contributed by atoms with Crippen molar-refractivity contribution in [2.75, 3.05) is 33.2 Å². The van der Waals surface area contributed by atoms with Crippen LogP contribution in [-0.4, -0.2) is 55.1 Å². The van der Waals surface area contributed by atoms with E-state index in [9.17, 15) is 9.18 Å². The molecule has 15 heavy (non-hydrogen) atoms. The average molecular weight is 212 g/mol. The smallest absolute Gasteiger partial charge is 0.219 e. The lowest BCUT2D eigenvalue weighted by Gasteiger charge is -2.10. The Hall–Kier alpha value is -1.08. The molecule has 0 radical (unpaired) electrons. The number of likely N-dealkylation sites (tertiary alicyclic amines) is 1. The quantitative estimate of drug-likeness (QED) is 0.623. The lowest BCUT2D eigenvalue weighted by atomic mass is 10.3. The van der Waals surface area contributed by atoms with Crippen LogP contribution < -0.4 is 0 Å². The Kier molecular flexibility index (Phi) is 4.57. The van der Waals surface area contributed by atoms with E-state index in [0.29, 0.717) is 26.1 Å². The number of hydrogen-bond donors (Lipinski definition) is 0. The van der Waals surface area contributed by atoms with Gasteiger partial charge in [-0.05, 0) is 6.42 Å². The van der Waals surface area contributed by atoms with Gasteiger partial charge in [0.25, 0.3) is 0 Å². The minimum atomic E-state index is -0.688. The minimum absolute atomic E-state index is 0.00861. The molecule has 1 aliphatic rings. The number of nitrogens with zero attached hydrogens (tertiary/aromatic N) is 2. The Labute approximate surface area is 90.2 Å². The Morgan fingerprint density at radius 1 is 1.60 bits per heavy atom. The highest BCUT2D eigenvalue weighted by molar-refractivity contribution is 5.73. The van der Waals surface area contributed by atoms with Crippen LogP contribution in [0.4, 0.5) is 4.39 Å². The van der Waals surface area contributed by atoms with Gasteiger partial charge in [-0.3, -0.25) is 9.69 Å². The molecule has 4 heteroatoms. The van der Waals surface area contributed by atoms with Gasteiger partial charge in [-0.1, -0.05) is 11.8 Å². The maximum absolute atomic E-state index is 12.8. The van der Waals surface area contributed by atoms with E-state index in [1.54, 1.807) is 11.9 Å².